The summed E-state index contributed by atoms with van der Waals surface area (Å²) in [5, 5.41) is 19.9. The number of fused-ring (bicyclic) bond motifs is 7. The summed E-state index contributed by atoms with van der Waals surface area (Å²) in [5.41, 5.74) is 0.815. The molecule has 4 heteroatoms. The van der Waals surface area contributed by atoms with Gasteiger partial charge in [-0.3, -0.25) is 9.59 Å². The maximum Gasteiger partial charge on any atom is 0.316 e. The lowest BCUT2D eigenvalue weighted by atomic mass is 9.82. The zero-order chi connectivity index (χ0) is 15.3. The number of carboxylic acid groups (broad SMARTS) is 2. The average Bonchev–Trinajstić information content (AvgIpc) is 2.95. The summed E-state index contributed by atoms with van der Waals surface area (Å²) in [4.78, 5) is 24.4. The van der Waals surface area contributed by atoms with E-state index in [0.29, 0.717) is 5.56 Å². The Labute approximate surface area is 126 Å². The van der Waals surface area contributed by atoms with E-state index in [4.69, 9.17) is 0 Å². The fraction of sp³-hybridized carbons (Fsp3) is 0.222. The first-order valence-corrected chi connectivity index (χ1v) is 7.24. The number of rotatable bonds is 2. The minimum Gasteiger partial charge on any atom is -0.481 e. The van der Waals surface area contributed by atoms with Gasteiger partial charge in [-0.05, 0) is 22.3 Å². The van der Waals surface area contributed by atoms with Crippen molar-refractivity contribution in [3.8, 4) is 0 Å². The Morgan fingerprint density at radius 3 is 2.05 bits per heavy atom. The topological polar surface area (TPSA) is 74.6 Å². The van der Waals surface area contributed by atoms with Gasteiger partial charge >= 0.3 is 11.9 Å². The Hall–Kier alpha value is -2.62. The summed E-state index contributed by atoms with van der Waals surface area (Å²) in [6.45, 7) is 0. The second kappa shape index (κ2) is 3.24. The molecular weight excluding hydrogens is 280 g/mol. The largest absolute Gasteiger partial charge is 0.481 e. The first-order chi connectivity index (χ1) is 10.6. The van der Waals surface area contributed by atoms with E-state index in [1.165, 1.54) is 0 Å². The van der Waals surface area contributed by atoms with Crippen LogP contribution in [0.15, 0.2) is 48.5 Å². The van der Waals surface area contributed by atoms with Crippen LogP contribution in [0.1, 0.15) is 34.1 Å². The number of carbonyl (C=O) groups is 2. The smallest absolute Gasteiger partial charge is 0.316 e. The van der Waals surface area contributed by atoms with E-state index in [9.17, 15) is 19.8 Å². The zero-order valence-electron chi connectivity index (χ0n) is 11.5. The molecule has 2 unspecified atom stereocenters. The van der Waals surface area contributed by atoms with Gasteiger partial charge in [-0.25, -0.2) is 0 Å². The fourth-order valence-electron chi connectivity index (χ4n) is 5.38. The van der Waals surface area contributed by atoms with Crippen LogP contribution in [0, 0.1) is 5.41 Å². The zero-order valence-corrected chi connectivity index (χ0v) is 11.5. The van der Waals surface area contributed by atoms with Crippen molar-refractivity contribution in [3.63, 3.8) is 0 Å². The molecule has 0 radical (unpaired) electrons. The molecule has 22 heavy (non-hydrogen) atoms. The molecule has 3 aliphatic rings. The van der Waals surface area contributed by atoms with Crippen molar-refractivity contribution in [3.05, 3.63) is 70.8 Å². The van der Waals surface area contributed by atoms with E-state index in [2.05, 4.69) is 0 Å². The van der Waals surface area contributed by atoms with E-state index in [0.717, 1.165) is 16.7 Å². The van der Waals surface area contributed by atoms with E-state index < -0.39 is 28.7 Å². The van der Waals surface area contributed by atoms with E-state index in [1.807, 2.05) is 36.4 Å². The maximum absolute atomic E-state index is 12.2. The lowest BCUT2D eigenvalue weighted by Crippen LogP contribution is -2.32. The predicted molar refractivity (Wildman–Crippen MR) is 76.9 cm³/mol. The van der Waals surface area contributed by atoms with Gasteiger partial charge in [0.25, 0.3) is 0 Å². The van der Waals surface area contributed by atoms with E-state index in [-0.39, 0.29) is 5.92 Å². The quantitative estimate of drug-likeness (QED) is 0.891. The molecule has 0 aliphatic heterocycles. The van der Waals surface area contributed by atoms with Gasteiger partial charge in [0.05, 0.1) is 0 Å². The van der Waals surface area contributed by atoms with Crippen molar-refractivity contribution in [2.75, 3.05) is 0 Å². The highest BCUT2D eigenvalue weighted by molar-refractivity contribution is 6.07. The van der Waals surface area contributed by atoms with Gasteiger partial charge in [-0.1, -0.05) is 48.5 Å². The number of aliphatic carboxylic acids is 2. The van der Waals surface area contributed by atoms with Crippen LogP contribution >= 0.6 is 0 Å². The average molecular weight is 292 g/mol. The summed E-state index contributed by atoms with van der Waals surface area (Å²) in [6.07, 6.45) is 0. The van der Waals surface area contributed by atoms with Crippen LogP contribution in [-0.2, 0) is 15.0 Å². The predicted octanol–water partition coefficient (Wildman–Crippen LogP) is 2.34. The van der Waals surface area contributed by atoms with Gasteiger partial charge in [0, 0.05) is 11.8 Å². The molecule has 0 spiro atoms. The van der Waals surface area contributed by atoms with Crippen LogP contribution < -0.4 is 0 Å². The number of benzene rings is 2. The Morgan fingerprint density at radius 2 is 1.41 bits per heavy atom. The molecule has 0 aromatic heterocycles. The number of hydrogen-bond acceptors (Lipinski definition) is 2. The third kappa shape index (κ3) is 0.843. The summed E-state index contributed by atoms with van der Waals surface area (Å²) < 4.78 is 0. The van der Waals surface area contributed by atoms with Crippen LogP contribution in [0.4, 0.5) is 0 Å². The van der Waals surface area contributed by atoms with Crippen molar-refractivity contribution < 1.29 is 19.8 Å². The van der Waals surface area contributed by atoms with Gasteiger partial charge in [-0.15, -0.1) is 0 Å². The van der Waals surface area contributed by atoms with Crippen LogP contribution in [0.5, 0.6) is 0 Å². The van der Waals surface area contributed by atoms with E-state index >= 15 is 0 Å². The second-order valence-corrected chi connectivity index (χ2v) is 6.37. The monoisotopic (exact) mass is 292 g/mol. The SMILES string of the molecule is O=C(O)[C@]12C3c4ccccc4C1[C@]2(C(=O)O)c1ccccc13. The minimum absolute atomic E-state index is 0.363. The molecule has 0 amide bonds. The highest BCUT2D eigenvalue weighted by Gasteiger charge is 2.94. The molecule has 0 heterocycles. The number of hydrogen-bond donors (Lipinski definition) is 2. The first-order valence-electron chi connectivity index (χ1n) is 7.24. The van der Waals surface area contributed by atoms with Crippen LogP contribution in [0.3, 0.4) is 0 Å². The van der Waals surface area contributed by atoms with Gasteiger partial charge < -0.3 is 10.2 Å². The Kier molecular flexibility index (Phi) is 1.77. The number of carboxylic acids is 2. The summed E-state index contributed by atoms with van der Waals surface area (Å²) >= 11 is 0. The van der Waals surface area contributed by atoms with Crippen LogP contribution in [-0.4, -0.2) is 22.2 Å². The lowest BCUT2D eigenvalue weighted by molar-refractivity contribution is -0.150. The van der Waals surface area contributed by atoms with Gasteiger partial charge in [-0.2, -0.15) is 0 Å². The van der Waals surface area contributed by atoms with Gasteiger partial charge in [0.1, 0.15) is 10.8 Å². The highest BCUT2D eigenvalue weighted by Crippen LogP contribution is 2.89. The Morgan fingerprint density at radius 1 is 0.818 bits per heavy atom. The molecule has 4 nitrogen and oxygen atoms in total. The third-order valence-corrected chi connectivity index (χ3v) is 5.92. The summed E-state index contributed by atoms with van der Waals surface area (Å²) in [7, 11) is 0. The van der Waals surface area contributed by atoms with Crippen molar-refractivity contribution >= 4 is 11.9 Å². The summed E-state index contributed by atoms with van der Waals surface area (Å²) in [5.74, 6) is -2.86. The minimum atomic E-state index is -1.31. The third-order valence-electron chi connectivity index (χ3n) is 5.92. The Balaban J connectivity index is 1.95. The molecule has 2 N–H and O–H groups in total. The van der Waals surface area contributed by atoms with Crippen molar-refractivity contribution in [1.82, 2.24) is 0 Å². The molecule has 2 aromatic rings. The first kappa shape index (κ1) is 12.0. The lowest BCUT2D eigenvalue weighted by Gasteiger charge is -2.18. The molecule has 5 rings (SSSR count). The molecule has 4 atom stereocenters. The molecule has 2 aromatic carbocycles. The van der Waals surface area contributed by atoms with Gasteiger partial charge in [0.15, 0.2) is 0 Å². The van der Waals surface area contributed by atoms with Crippen molar-refractivity contribution in [2.45, 2.75) is 17.3 Å². The Bertz CT molecular complexity index is 886. The molecular formula is C18H12O4. The molecule has 1 fully saturated rings. The van der Waals surface area contributed by atoms with Crippen LogP contribution in [0.2, 0.25) is 0 Å². The fourth-order valence-corrected chi connectivity index (χ4v) is 5.38. The molecule has 1 saturated carbocycles. The normalized spacial score (nSPS) is 35.5. The molecule has 0 bridgehead atoms. The molecule has 0 saturated heterocycles. The van der Waals surface area contributed by atoms with Gasteiger partial charge in [0.2, 0.25) is 0 Å². The highest BCUT2D eigenvalue weighted by atomic mass is 16.4. The van der Waals surface area contributed by atoms with Crippen LogP contribution in [0.25, 0.3) is 0 Å². The second-order valence-electron chi connectivity index (χ2n) is 6.37. The standard InChI is InChI=1S/C18H12O4/c19-15(20)17-12-8-4-3-7-11(12)13-9-5-1-2-6-10(9)14(17)18(13,17)16(21)22/h1-8,13-14H,(H,19,20)(H,21,22)/t13?,14?,17-,18-/m0/s1. The molecule has 108 valence electrons. The maximum atomic E-state index is 12.2. The molecule has 3 aliphatic carbocycles. The summed E-state index contributed by atoms with van der Waals surface area (Å²) in [6, 6.07) is 14.9. The van der Waals surface area contributed by atoms with E-state index in [1.54, 1.807) is 12.1 Å². The van der Waals surface area contributed by atoms with Crippen molar-refractivity contribution in [1.29, 1.82) is 0 Å². The van der Waals surface area contributed by atoms with Crippen molar-refractivity contribution in [2.24, 2.45) is 5.41 Å².